The lowest BCUT2D eigenvalue weighted by molar-refractivity contribution is 0.963. The van der Waals surface area contributed by atoms with Crippen molar-refractivity contribution < 1.29 is 0 Å². The first-order valence-electron chi connectivity index (χ1n) is 5.21. The average molecular weight is 424 g/mol. The number of nitrogens with zero attached hydrogens (tertiary/aromatic N) is 2. The van der Waals surface area contributed by atoms with Crippen LogP contribution in [-0.4, -0.2) is 16.5 Å². The highest BCUT2D eigenvalue weighted by Gasteiger charge is 2.08. The highest BCUT2D eigenvalue weighted by Crippen LogP contribution is 2.28. The fourth-order valence-electron chi connectivity index (χ4n) is 1.28. The van der Waals surface area contributed by atoms with Gasteiger partial charge in [0.25, 0.3) is 0 Å². The maximum absolute atomic E-state index is 4.55. The molecule has 3 nitrogen and oxygen atoms in total. The number of hydrogen-bond donors (Lipinski definition) is 1. The van der Waals surface area contributed by atoms with E-state index >= 15 is 0 Å². The molecule has 17 heavy (non-hydrogen) atoms. The Bertz CT molecular complexity index is 515. The molecular weight excluding hydrogens is 413 g/mol. The first kappa shape index (κ1) is 13.2. The van der Waals surface area contributed by atoms with Crippen molar-refractivity contribution in [3.8, 4) is 10.7 Å². The number of aromatic nitrogens is 2. The number of thiophene rings is 1. The Kier molecular flexibility index (Phi) is 4.75. The van der Waals surface area contributed by atoms with Crippen molar-refractivity contribution in [1.82, 2.24) is 9.97 Å². The summed E-state index contributed by atoms with van der Waals surface area (Å²) in [5.74, 6) is 1.70. The third-order valence-corrected chi connectivity index (χ3v) is 4.55. The first-order valence-corrected chi connectivity index (χ1v) is 7.96. The molecule has 0 saturated carbocycles. The Morgan fingerprint density at radius 1 is 1.53 bits per heavy atom. The Balaban J connectivity index is 2.30. The van der Waals surface area contributed by atoms with E-state index in [4.69, 9.17) is 0 Å². The standard InChI is InChI=1S/C11H11BrIN3S/c1-2-3-14-10-8(13)5-15-11(16-10)9-4-7(12)6-17-9/h4-6H,2-3H2,1H3,(H,14,15,16). The molecule has 2 aromatic rings. The summed E-state index contributed by atoms with van der Waals surface area (Å²) in [7, 11) is 0. The van der Waals surface area contributed by atoms with Crippen molar-refractivity contribution >= 4 is 55.7 Å². The second kappa shape index (κ2) is 6.10. The van der Waals surface area contributed by atoms with Crippen LogP contribution in [-0.2, 0) is 0 Å². The van der Waals surface area contributed by atoms with Gasteiger partial charge in [-0.05, 0) is 51.0 Å². The second-order valence-electron chi connectivity index (χ2n) is 3.45. The molecule has 2 rings (SSSR count). The van der Waals surface area contributed by atoms with Crippen molar-refractivity contribution in [2.24, 2.45) is 0 Å². The van der Waals surface area contributed by atoms with Gasteiger partial charge in [0.2, 0.25) is 0 Å². The molecule has 2 heterocycles. The number of halogens is 2. The Hall–Kier alpha value is -0.210. The number of nitrogens with one attached hydrogen (secondary N) is 1. The molecule has 0 unspecified atom stereocenters. The highest BCUT2D eigenvalue weighted by molar-refractivity contribution is 14.1. The van der Waals surface area contributed by atoms with Crippen LogP contribution in [0.2, 0.25) is 0 Å². The van der Waals surface area contributed by atoms with Crippen molar-refractivity contribution in [2.45, 2.75) is 13.3 Å². The molecule has 0 saturated heterocycles. The summed E-state index contributed by atoms with van der Waals surface area (Å²) in [5, 5.41) is 5.35. The summed E-state index contributed by atoms with van der Waals surface area (Å²) in [4.78, 5) is 9.99. The van der Waals surface area contributed by atoms with Crippen LogP contribution < -0.4 is 5.32 Å². The summed E-state index contributed by atoms with van der Waals surface area (Å²) in [5.41, 5.74) is 0. The van der Waals surface area contributed by atoms with Crippen LogP contribution in [0.4, 0.5) is 5.82 Å². The van der Waals surface area contributed by atoms with Crippen LogP contribution in [0, 0.1) is 3.57 Å². The summed E-state index contributed by atoms with van der Waals surface area (Å²) in [6, 6.07) is 2.04. The molecular formula is C11H11BrIN3S. The molecule has 0 aliphatic rings. The minimum absolute atomic E-state index is 0.778. The number of hydrogen-bond acceptors (Lipinski definition) is 4. The van der Waals surface area contributed by atoms with Crippen LogP contribution >= 0.6 is 49.9 Å². The monoisotopic (exact) mass is 423 g/mol. The van der Waals surface area contributed by atoms with Crippen molar-refractivity contribution in [2.75, 3.05) is 11.9 Å². The van der Waals surface area contributed by atoms with Gasteiger partial charge in [-0.1, -0.05) is 6.92 Å². The lowest BCUT2D eigenvalue weighted by Crippen LogP contribution is -2.05. The number of rotatable bonds is 4. The van der Waals surface area contributed by atoms with Crippen molar-refractivity contribution in [1.29, 1.82) is 0 Å². The van der Waals surface area contributed by atoms with Crippen molar-refractivity contribution in [3.05, 3.63) is 25.7 Å². The van der Waals surface area contributed by atoms with E-state index in [1.807, 2.05) is 17.6 Å². The Morgan fingerprint density at radius 3 is 3.00 bits per heavy atom. The van der Waals surface area contributed by atoms with Crippen LogP contribution in [0.3, 0.4) is 0 Å². The summed E-state index contributed by atoms with van der Waals surface area (Å²) >= 11 is 7.33. The smallest absolute Gasteiger partial charge is 0.171 e. The van der Waals surface area contributed by atoms with E-state index in [0.29, 0.717) is 0 Å². The minimum atomic E-state index is 0.778. The Morgan fingerprint density at radius 2 is 2.35 bits per heavy atom. The van der Waals surface area contributed by atoms with Gasteiger partial charge < -0.3 is 5.32 Å². The predicted octanol–water partition coefficient (Wildman–Crippen LogP) is 4.39. The average Bonchev–Trinajstić information content (AvgIpc) is 2.75. The van der Waals surface area contributed by atoms with E-state index in [2.05, 4.69) is 60.7 Å². The quantitative estimate of drug-likeness (QED) is 0.741. The van der Waals surface area contributed by atoms with Crippen LogP contribution in [0.1, 0.15) is 13.3 Å². The summed E-state index contributed by atoms with van der Waals surface area (Å²) < 4.78 is 2.12. The van der Waals surface area contributed by atoms with Crippen LogP contribution in [0.5, 0.6) is 0 Å². The highest BCUT2D eigenvalue weighted by atomic mass is 127. The molecule has 0 aromatic carbocycles. The minimum Gasteiger partial charge on any atom is -0.369 e. The van der Waals surface area contributed by atoms with E-state index in [9.17, 15) is 0 Å². The first-order chi connectivity index (χ1) is 8.20. The van der Waals surface area contributed by atoms with Gasteiger partial charge in [0.15, 0.2) is 5.82 Å². The zero-order valence-corrected chi connectivity index (χ0v) is 13.8. The number of anilines is 1. The molecule has 0 bridgehead atoms. The molecule has 0 spiro atoms. The normalized spacial score (nSPS) is 10.5. The predicted molar refractivity (Wildman–Crippen MR) is 84.5 cm³/mol. The molecule has 0 fully saturated rings. The molecule has 1 N–H and O–H groups in total. The van der Waals surface area contributed by atoms with E-state index in [1.54, 1.807) is 11.3 Å². The van der Waals surface area contributed by atoms with E-state index in [1.165, 1.54) is 0 Å². The lowest BCUT2D eigenvalue weighted by atomic mass is 10.4. The molecule has 0 amide bonds. The van der Waals surface area contributed by atoms with Gasteiger partial charge in [-0.25, -0.2) is 9.97 Å². The molecule has 0 aliphatic carbocycles. The summed E-state index contributed by atoms with van der Waals surface area (Å²) in [6.07, 6.45) is 2.94. The molecule has 0 atom stereocenters. The van der Waals surface area contributed by atoms with Gasteiger partial charge in [0.05, 0.1) is 8.45 Å². The molecule has 0 aliphatic heterocycles. The second-order valence-corrected chi connectivity index (χ2v) is 6.44. The maximum Gasteiger partial charge on any atom is 0.171 e. The third kappa shape index (κ3) is 3.38. The third-order valence-electron chi connectivity index (χ3n) is 2.07. The van der Waals surface area contributed by atoms with Crippen LogP contribution in [0.15, 0.2) is 22.1 Å². The van der Waals surface area contributed by atoms with Gasteiger partial charge >= 0.3 is 0 Å². The van der Waals surface area contributed by atoms with E-state index in [-0.39, 0.29) is 0 Å². The van der Waals surface area contributed by atoms with Gasteiger partial charge in [-0.3, -0.25) is 0 Å². The van der Waals surface area contributed by atoms with Gasteiger partial charge in [0, 0.05) is 22.6 Å². The van der Waals surface area contributed by atoms with E-state index < -0.39 is 0 Å². The zero-order chi connectivity index (χ0) is 12.3. The molecule has 90 valence electrons. The van der Waals surface area contributed by atoms with Gasteiger partial charge in [-0.15, -0.1) is 11.3 Å². The fourth-order valence-corrected chi connectivity index (χ4v) is 3.10. The van der Waals surface area contributed by atoms with Gasteiger partial charge in [-0.2, -0.15) is 0 Å². The topological polar surface area (TPSA) is 37.8 Å². The van der Waals surface area contributed by atoms with Crippen LogP contribution in [0.25, 0.3) is 10.7 Å². The maximum atomic E-state index is 4.55. The zero-order valence-electron chi connectivity index (χ0n) is 9.20. The SMILES string of the molecule is CCCNc1nc(-c2cc(Br)cs2)ncc1I. The molecule has 2 aromatic heterocycles. The van der Waals surface area contributed by atoms with E-state index in [0.717, 1.165) is 37.5 Å². The molecule has 6 heteroatoms. The largest absolute Gasteiger partial charge is 0.369 e. The van der Waals surface area contributed by atoms with Gasteiger partial charge in [0.1, 0.15) is 5.82 Å². The Labute approximate surface area is 126 Å². The van der Waals surface area contributed by atoms with Crippen molar-refractivity contribution in [3.63, 3.8) is 0 Å². The fraction of sp³-hybridized carbons (Fsp3) is 0.273. The summed E-state index contributed by atoms with van der Waals surface area (Å²) in [6.45, 7) is 3.07. The molecule has 0 radical (unpaired) electrons. The lowest BCUT2D eigenvalue weighted by Gasteiger charge is -2.07.